The zero-order chi connectivity index (χ0) is 25.3. The van der Waals surface area contributed by atoms with Gasteiger partial charge in [-0.25, -0.2) is 9.18 Å². The van der Waals surface area contributed by atoms with Crippen molar-refractivity contribution in [2.45, 2.75) is 19.6 Å². The van der Waals surface area contributed by atoms with Crippen molar-refractivity contribution in [2.24, 2.45) is 0 Å². The minimum atomic E-state index is -5.08. The van der Waals surface area contributed by atoms with Crippen LogP contribution in [0.15, 0.2) is 48.5 Å². The van der Waals surface area contributed by atoms with Crippen molar-refractivity contribution in [3.05, 3.63) is 71.0 Å². The molecule has 0 radical (unpaired) electrons. The number of carboxylic acid groups (broad SMARTS) is 1. The topological polar surface area (TPSA) is 90.0 Å². The molecule has 184 valence electrons. The molecular weight excluding hydrogens is 458 g/mol. The van der Waals surface area contributed by atoms with Gasteiger partial charge in [0, 0.05) is 38.3 Å². The van der Waals surface area contributed by atoms with Gasteiger partial charge in [-0.2, -0.15) is 13.2 Å². The predicted molar refractivity (Wildman–Crippen MR) is 115 cm³/mol. The van der Waals surface area contributed by atoms with Crippen molar-refractivity contribution in [1.29, 1.82) is 0 Å². The number of nitrogens with one attached hydrogen (secondary N) is 1. The minimum Gasteiger partial charge on any atom is -0.475 e. The summed E-state index contributed by atoms with van der Waals surface area (Å²) in [5, 5.41) is 10.3. The molecule has 7 nitrogen and oxygen atoms in total. The van der Waals surface area contributed by atoms with E-state index in [1.807, 2.05) is 31.2 Å². The maximum absolute atomic E-state index is 13.6. The summed E-state index contributed by atoms with van der Waals surface area (Å²) in [5.74, 6) is -3.66. The molecule has 0 bridgehead atoms. The number of halogens is 4. The molecule has 1 saturated heterocycles. The highest BCUT2D eigenvalue weighted by Gasteiger charge is 2.38. The Labute approximate surface area is 194 Å². The Kier molecular flexibility index (Phi) is 9.55. The van der Waals surface area contributed by atoms with E-state index in [4.69, 9.17) is 9.90 Å². The SMILES string of the molecule is Cc1cccc(CN(CC(=O)N2CCNCC2)C(=O)c2cccc(F)c2)c1.O=C(O)C(F)(F)F. The van der Waals surface area contributed by atoms with Crippen LogP contribution in [-0.2, 0) is 16.1 Å². The molecule has 0 aliphatic carbocycles. The number of alkyl halides is 3. The lowest BCUT2D eigenvalue weighted by Crippen LogP contribution is -2.50. The lowest BCUT2D eigenvalue weighted by atomic mass is 10.1. The van der Waals surface area contributed by atoms with E-state index in [1.54, 1.807) is 11.0 Å². The van der Waals surface area contributed by atoms with E-state index in [0.717, 1.165) is 24.2 Å². The zero-order valence-electron chi connectivity index (χ0n) is 18.4. The highest BCUT2D eigenvalue weighted by atomic mass is 19.4. The smallest absolute Gasteiger partial charge is 0.475 e. The number of carbonyl (C=O) groups excluding carboxylic acids is 2. The molecule has 0 unspecified atom stereocenters. The van der Waals surface area contributed by atoms with Crippen molar-refractivity contribution in [2.75, 3.05) is 32.7 Å². The van der Waals surface area contributed by atoms with Crippen LogP contribution < -0.4 is 5.32 Å². The van der Waals surface area contributed by atoms with Crippen LogP contribution in [-0.4, -0.2) is 71.6 Å². The molecule has 1 aliphatic rings. The number of carboxylic acids is 1. The quantitative estimate of drug-likeness (QED) is 0.639. The first-order valence-corrected chi connectivity index (χ1v) is 10.4. The Balaban J connectivity index is 0.000000509. The molecule has 0 aromatic heterocycles. The number of carbonyl (C=O) groups is 3. The highest BCUT2D eigenvalue weighted by Crippen LogP contribution is 2.14. The molecule has 2 amide bonds. The lowest BCUT2D eigenvalue weighted by Gasteiger charge is -2.30. The van der Waals surface area contributed by atoms with E-state index >= 15 is 0 Å². The Morgan fingerprint density at radius 2 is 1.68 bits per heavy atom. The fourth-order valence-electron chi connectivity index (χ4n) is 3.21. The number of amides is 2. The largest absolute Gasteiger partial charge is 0.490 e. The van der Waals surface area contributed by atoms with Crippen LogP contribution in [0.5, 0.6) is 0 Å². The summed E-state index contributed by atoms with van der Waals surface area (Å²) < 4.78 is 45.3. The monoisotopic (exact) mass is 483 g/mol. The Hall–Kier alpha value is -3.47. The Morgan fingerprint density at radius 1 is 1.06 bits per heavy atom. The van der Waals surface area contributed by atoms with Gasteiger partial charge < -0.3 is 20.2 Å². The first-order chi connectivity index (χ1) is 16.0. The van der Waals surface area contributed by atoms with Crippen molar-refractivity contribution in [1.82, 2.24) is 15.1 Å². The van der Waals surface area contributed by atoms with E-state index in [2.05, 4.69) is 5.32 Å². The van der Waals surface area contributed by atoms with Gasteiger partial charge in [0.15, 0.2) is 0 Å². The van der Waals surface area contributed by atoms with Crippen LogP contribution in [0.3, 0.4) is 0 Å². The van der Waals surface area contributed by atoms with Gasteiger partial charge in [-0.05, 0) is 30.7 Å². The summed E-state index contributed by atoms with van der Waals surface area (Å²) in [6.45, 7) is 5.02. The first kappa shape index (κ1) is 26.8. The number of benzene rings is 2. The number of hydrogen-bond donors (Lipinski definition) is 2. The molecule has 0 saturated carbocycles. The van der Waals surface area contributed by atoms with Crippen LogP contribution in [0, 0.1) is 12.7 Å². The number of aliphatic carboxylic acids is 1. The minimum absolute atomic E-state index is 0.0245. The third-order valence-corrected chi connectivity index (χ3v) is 4.85. The van der Waals surface area contributed by atoms with E-state index in [0.29, 0.717) is 19.6 Å². The summed E-state index contributed by atoms with van der Waals surface area (Å²) in [6.07, 6.45) is -5.08. The molecule has 1 fully saturated rings. The average molecular weight is 483 g/mol. The molecule has 1 aliphatic heterocycles. The van der Waals surface area contributed by atoms with E-state index in [1.165, 1.54) is 23.1 Å². The van der Waals surface area contributed by atoms with Crippen LogP contribution >= 0.6 is 0 Å². The van der Waals surface area contributed by atoms with Crippen molar-refractivity contribution in [3.63, 3.8) is 0 Å². The fraction of sp³-hybridized carbons (Fsp3) is 0.348. The predicted octanol–water partition coefficient (Wildman–Crippen LogP) is 2.84. The van der Waals surface area contributed by atoms with Crippen LogP contribution in [0.25, 0.3) is 0 Å². The Morgan fingerprint density at radius 3 is 2.24 bits per heavy atom. The van der Waals surface area contributed by atoms with Crippen molar-refractivity contribution >= 4 is 17.8 Å². The van der Waals surface area contributed by atoms with Crippen LogP contribution in [0.1, 0.15) is 21.5 Å². The molecule has 0 atom stereocenters. The average Bonchev–Trinajstić information content (AvgIpc) is 2.78. The normalized spacial score (nSPS) is 13.5. The summed E-state index contributed by atoms with van der Waals surface area (Å²) >= 11 is 0. The molecule has 2 aromatic rings. The van der Waals surface area contributed by atoms with E-state index in [9.17, 15) is 27.2 Å². The van der Waals surface area contributed by atoms with E-state index in [-0.39, 0.29) is 23.9 Å². The molecule has 3 rings (SSSR count). The standard InChI is InChI=1S/C21H24FN3O2.C2HF3O2/c1-16-4-2-5-17(12-16)14-25(15-20(26)24-10-8-23-9-11-24)21(27)18-6-3-7-19(22)13-18;3-2(4,5)1(6)7/h2-7,12-13,23H,8-11,14-15H2,1H3;(H,6,7). The van der Waals surface area contributed by atoms with Gasteiger partial charge in [0.05, 0.1) is 0 Å². The molecular formula is C23H25F4N3O4. The Bertz CT molecular complexity index is 1010. The van der Waals surface area contributed by atoms with Crippen molar-refractivity contribution < 1.29 is 37.1 Å². The number of hydrogen-bond acceptors (Lipinski definition) is 4. The van der Waals surface area contributed by atoms with Gasteiger partial charge >= 0.3 is 12.1 Å². The van der Waals surface area contributed by atoms with Crippen LogP contribution in [0.4, 0.5) is 17.6 Å². The number of nitrogens with zero attached hydrogens (tertiary/aromatic N) is 2. The van der Waals surface area contributed by atoms with E-state index < -0.39 is 18.0 Å². The highest BCUT2D eigenvalue weighted by molar-refractivity contribution is 5.96. The summed E-state index contributed by atoms with van der Waals surface area (Å²) in [6, 6.07) is 13.4. The molecule has 2 N–H and O–H groups in total. The number of aryl methyl sites for hydroxylation is 1. The molecule has 11 heteroatoms. The zero-order valence-corrected chi connectivity index (χ0v) is 18.4. The molecule has 0 spiro atoms. The first-order valence-electron chi connectivity index (χ1n) is 10.4. The van der Waals surface area contributed by atoms with Crippen molar-refractivity contribution in [3.8, 4) is 0 Å². The van der Waals surface area contributed by atoms with Gasteiger partial charge in [0.25, 0.3) is 5.91 Å². The molecule has 34 heavy (non-hydrogen) atoms. The van der Waals surface area contributed by atoms with Gasteiger partial charge in [-0.15, -0.1) is 0 Å². The van der Waals surface area contributed by atoms with Gasteiger partial charge in [0.2, 0.25) is 5.91 Å². The molecule has 2 aromatic carbocycles. The molecule has 1 heterocycles. The maximum Gasteiger partial charge on any atom is 0.490 e. The summed E-state index contributed by atoms with van der Waals surface area (Å²) in [4.78, 5) is 37.8. The number of piperazine rings is 1. The maximum atomic E-state index is 13.6. The second-order valence-electron chi connectivity index (χ2n) is 7.59. The fourth-order valence-corrected chi connectivity index (χ4v) is 3.21. The summed E-state index contributed by atoms with van der Waals surface area (Å²) in [5.41, 5.74) is 2.27. The van der Waals surface area contributed by atoms with Gasteiger partial charge in [-0.3, -0.25) is 9.59 Å². The third-order valence-electron chi connectivity index (χ3n) is 4.85. The third kappa shape index (κ3) is 8.47. The number of rotatable bonds is 5. The van der Waals surface area contributed by atoms with Crippen LogP contribution in [0.2, 0.25) is 0 Å². The lowest BCUT2D eigenvalue weighted by molar-refractivity contribution is -0.192. The second kappa shape index (κ2) is 12.1. The second-order valence-corrected chi connectivity index (χ2v) is 7.59. The summed E-state index contributed by atoms with van der Waals surface area (Å²) in [7, 11) is 0. The van der Waals surface area contributed by atoms with Gasteiger partial charge in [-0.1, -0.05) is 35.9 Å². The van der Waals surface area contributed by atoms with Gasteiger partial charge in [0.1, 0.15) is 12.4 Å².